The van der Waals surface area contributed by atoms with Crippen LogP contribution in [-0.4, -0.2) is 39.8 Å². The van der Waals surface area contributed by atoms with E-state index in [0.717, 1.165) is 11.3 Å². The SMILES string of the molecule is COc1ccc(-c2noc(-c3cn(CC(=O)NCc4cccc(OC)c4)c4nc(C)ccc4c3=O)n2)cc1. The molecule has 0 aliphatic heterocycles. The standard InChI is InChI=1S/C28H25N5O5/c1-17-7-12-22-25(35)23(28-31-26(32-38-28)19-8-10-20(36-2)11-9-19)15-33(27(22)30-17)16-24(34)29-14-18-5-4-6-21(13-18)37-3/h4-13,15H,14,16H2,1-3H3,(H,29,34). The van der Waals surface area contributed by atoms with Gasteiger partial charge in [0.05, 0.1) is 19.6 Å². The fourth-order valence-corrected chi connectivity index (χ4v) is 4.02. The monoisotopic (exact) mass is 511 g/mol. The van der Waals surface area contributed by atoms with Crippen molar-refractivity contribution in [3.8, 4) is 34.3 Å². The molecule has 3 aromatic heterocycles. The molecule has 10 heteroatoms. The van der Waals surface area contributed by atoms with Crippen molar-refractivity contribution in [1.29, 1.82) is 0 Å². The van der Waals surface area contributed by atoms with Crippen LogP contribution in [0.25, 0.3) is 33.9 Å². The van der Waals surface area contributed by atoms with Gasteiger partial charge in [0.15, 0.2) is 0 Å². The Hall–Kier alpha value is -4.99. The van der Waals surface area contributed by atoms with Gasteiger partial charge in [0, 0.05) is 24.0 Å². The van der Waals surface area contributed by atoms with E-state index < -0.39 is 0 Å². The summed E-state index contributed by atoms with van der Waals surface area (Å²) in [4.78, 5) is 35.2. The van der Waals surface area contributed by atoms with E-state index in [1.807, 2.05) is 31.2 Å². The molecule has 38 heavy (non-hydrogen) atoms. The summed E-state index contributed by atoms with van der Waals surface area (Å²) in [5.41, 5.74) is 2.58. The zero-order chi connectivity index (χ0) is 26.6. The summed E-state index contributed by atoms with van der Waals surface area (Å²) in [5, 5.41) is 7.29. The molecule has 5 rings (SSSR count). The zero-order valence-electron chi connectivity index (χ0n) is 21.1. The van der Waals surface area contributed by atoms with Crippen molar-refractivity contribution in [2.45, 2.75) is 20.0 Å². The van der Waals surface area contributed by atoms with Crippen LogP contribution in [0.5, 0.6) is 11.5 Å². The van der Waals surface area contributed by atoms with Gasteiger partial charge in [0.25, 0.3) is 5.89 Å². The lowest BCUT2D eigenvalue weighted by atomic mass is 10.1. The van der Waals surface area contributed by atoms with Crippen molar-refractivity contribution in [3.05, 3.63) is 88.3 Å². The molecule has 0 saturated carbocycles. The number of hydrogen-bond donors (Lipinski definition) is 1. The molecule has 0 aliphatic carbocycles. The molecule has 0 fully saturated rings. The molecule has 192 valence electrons. The fraction of sp³-hybridized carbons (Fsp3) is 0.179. The van der Waals surface area contributed by atoms with Crippen LogP contribution in [-0.2, 0) is 17.9 Å². The van der Waals surface area contributed by atoms with Crippen LogP contribution in [0, 0.1) is 6.92 Å². The Morgan fingerprint density at radius 2 is 1.79 bits per heavy atom. The van der Waals surface area contributed by atoms with Gasteiger partial charge in [0.2, 0.25) is 17.2 Å². The fourth-order valence-electron chi connectivity index (χ4n) is 4.02. The predicted octanol–water partition coefficient (Wildman–Crippen LogP) is 3.76. The first-order valence-corrected chi connectivity index (χ1v) is 11.8. The van der Waals surface area contributed by atoms with Crippen LogP contribution in [0.1, 0.15) is 11.3 Å². The van der Waals surface area contributed by atoms with Crippen molar-refractivity contribution in [3.63, 3.8) is 0 Å². The largest absolute Gasteiger partial charge is 0.497 e. The number of nitrogens with one attached hydrogen (secondary N) is 1. The summed E-state index contributed by atoms with van der Waals surface area (Å²) < 4.78 is 17.5. The molecule has 2 aromatic carbocycles. The number of nitrogens with zero attached hydrogens (tertiary/aromatic N) is 4. The Morgan fingerprint density at radius 3 is 2.55 bits per heavy atom. The van der Waals surface area contributed by atoms with Crippen molar-refractivity contribution >= 4 is 16.9 Å². The predicted molar refractivity (Wildman–Crippen MR) is 141 cm³/mol. The normalized spacial score (nSPS) is 10.9. The average molecular weight is 512 g/mol. The van der Waals surface area contributed by atoms with Gasteiger partial charge in [-0.1, -0.05) is 17.3 Å². The maximum atomic E-state index is 13.4. The van der Waals surface area contributed by atoms with Gasteiger partial charge in [-0.25, -0.2) is 4.98 Å². The number of methoxy groups -OCH3 is 2. The van der Waals surface area contributed by atoms with Crippen molar-refractivity contribution in [1.82, 2.24) is 25.0 Å². The molecule has 0 saturated heterocycles. The Balaban J connectivity index is 1.46. The molecule has 1 N–H and O–H groups in total. The van der Waals surface area contributed by atoms with Gasteiger partial charge in [-0.05, 0) is 61.0 Å². The molecule has 0 radical (unpaired) electrons. The van der Waals surface area contributed by atoms with E-state index in [1.54, 1.807) is 55.2 Å². The van der Waals surface area contributed by atoms with E-state index in [2.05, 4.69) is 20.4 Å². The Labute approximate surface area is 217 Å². The third-order valence-corrected chi connectivity index (χ3v) is 6.00. The maximum Gasteiger partial charge on any atom is 0.263 e. The first-order chi connectivity index (χ1) is 18.4. The van der Waals surface area contributed by atoms with E-state index in [-0.39, 0.29) is 29.3 Å². The highest BCUT2D eigenvalue weighted by Gasteiger charge is 2.19. The second-order valence-electron chi connectivity index (χ2n) is 8.60. The summed E-state index contributed by atoms with van der Waals surface area (Å²) in [6.07, 6.45) is 1.54. The quantitative estimate of drug-likeness (QED) is 0.334. The number of aromatic nitrogens is 4. The lowest BCUT2D eigenvalue weighted by Gasteiger charge is -2.13. The lowest BCUT2D eigenvalue weighted by Crippen LogP contribution is -2.28. The van der Waals surface area contributed by atoms with Crippen molar-refractivity contribution in [2.75, 3.05) is 14.2 Å². The third kappa shape index (κ3) is 5.10. The van der Waals surface area contributed by atoms with Crippen molar-refractivity contribution in [2.24, 2.45) is 0 Å². The van der Waals surface area contributed by atoms with Gasteiger partial charge in [-0.3, -0.25) is 9.59 Å². The summed E-state index contributed by atoms with van der Waals surface area (Å²) in [7, 11) is 3.18. The number of carbonyl (C=O) groups excluding carboxylic acids is 1. The van der Waals surface area contributed by atoms with Gasteiger partial charge in [0.1, 0.15) is 29.3 Å². The molecule has 0 atom stereocenters. The third-order valence-electron chi connectivity index (χ3n) is 6.00. The average Bonchev–Trinajstić information content (AvgIpc) is 3.43. The van der Waals surface area contributed by atoms with Gasteiger partial charge < -0.3 is 23.9 Å². The summed E-state index contributed by atoms with van der Waals surface area (Å²) in [5.74, 6) is 1.53. The van der Waals surface area contributed by atoms with Crippen LogP contribution in [0.2, 0.25) is 0 Å². The first kappa shape index (κ1) is 24.7. The minimum atomic E-state index is -0.314. The second-order valence-corrected chi connectivity index (χ2v) is 8.60. The molecule has 10 nitrogen and oxygen atoms in total. The highest BCUT2D eigenvalue weighted by atomic mass is 16.5. The van der Waals surface area contributed by atoms with Crippen LogP contribution in [0.15, 0.2) is 76.2 Å². The molecule has 0 spiro atoms. The molecule has 0 aliphatic rings. The van der Waals surface area contributed by atoms with E-state index in [1.165, 1.54) is 6.20 Å². The summed E-state index contributed by atoms with van der Waals surface area (Å²) in [6.45, 7) is 2.08. The van der Waals surface area contributed by atoms with Gasteiger partial charge >= 0.3 is 0 Å². The second kappa shape index (κ2) is 10.6. The Bertz CT molecular complexity index is 1670. The van der Waals surface area contributed by atoms with Crippen LogP contribution < -0.4 is 20.2 Å². The maximum absolute atomic E-state index is 13.4. The van der Waals surface area contributed by atoms with Gasteiger partial charge in [-0.15, -0.1) is 0 Å². The number of benzene rings is 2. The first-order valence-electron chi connectivity index (χ1n) is 11.8. The number of aryl methyl sites for hydroxylation is 1. The summed E-state index contributed by atoms with van der Waals surface area (Å²) in [6, 6.07) is 18.1. The molecule has 5 aromatic rings. The molecular formula is C28H25N5O5. The Kier molecular flexibility index (Phi) is 6.86. The van der Waals surface area contributed by atoms with Crippen LogP contribution in [0.4, 0.5) is 0 Å². The number of pyridine rings is 2. The minimum Gasteiger partial charge on any atom is -0.497 e. The number of fused-ring (bicyclic) bond motifs is 1. The molecule has 0 bridgehead atoms. The highest BCUT2D eigenvalue weighted by Crippen LogP contribution is 2.24. The molecular weight excluding hydrogens is 486 g/mol. The highest BCUT2D eigenvalue weighted by molar-refractivity contribution is 5.83. The summed E-state index contributed by atoms with van der Waals surface area (Å²) >= 11 is 0. The molecule has 1 amide bonds. The van der Waals surface area contributed by atoms with Gasteiger partial charge in [-0.2, -0.15) is 4.98 Å². The van der Waals surface area contributed by atoms with E-state index >= 15 is 0 Å². The van der Waals surface area contributed by atoms with E-state index in [0.29, 0.717) is 40.5 Å². The number of amides is 1. The molecule has 3 heterocycles. The number of ether oxygens (including phenoxy) is 2. The van der Waals surface area contributed by atoms with Crippen molar-refractivity contribution < 1.29 is 18.8 Å². The number of carbonyl (C=O) groups is 1. The molecule has 0 unspecified atom stereocenters. The number of hydrogen-bond acceptors (Lipinski definition) is 8. The smallest absolute Gasteiger partial charge is 0.263 e. The Morgan fingerprint density at radius 1 is 1.00 bits per heavy atom. The minimum absolute atomic E-state index is 0.0498. The number of rotatable bonds is 8. The van der Waals surface area contributed by atoms with E-state index in [4.69, 9.17) is 14.0 Å². The zero-order valence-corrected chi connectivity index (χ0v) is 21.1. The van der Waals surface area contributed by atoms with Crippen LogP contribution in [0.3, 0.4) is 0 Å². The lowest BCUT2D eigenvalue weighted by molar-refractivity contribution is -0.121. The van der Waals surface area contributed by atoms with Crippen LogP contribution >= 0.6 is 0 Å². The van der Waals surface area contributed by atoms with E-state index in [9.17, 15) is 9.59 Å². The topological polar surface area (TPSA) is 121 Å².